The number of nitrogens with one attached hydrogen (secondary N) is 1. The first-order valence-corrected chi connectivity index (χ1v) is 7.73. The number of esters is 1. The maximum absolute atomic E-state index is 11.8. The second-order valence-electron chi connectivity index (χ2n) is 6.25. The molecule has 5 nitrogen and oxygen atoms in total. The van der Waals surface area contributed by atoms with Gasteiger partial charge in [0, 0.05) is 25.7 Å². The second-order valence-corrected chi connectivity index (χ2v) is 6.25. The fourth-order valence-corrected chi connectivity index (χ4v) is 3.17. The van der Waals surface area contributed by atoms with Crippen LogP contribution in [0.1, 0.15) is 25.3 Å². The lowest BCUT2D eigenvalue weighted by Gasteiger charge is -2.20. The van der Waals surface area contributed by atoms with E-state index in [1.807, 2.05) is 26.1 Å². The predicted molar refractivity (Wildman–Crippen MR) is 81.1 cm³/mol. The van der Waals surface area contributed by atoms with Crippen molar-refractivity contribution in [1.82, 2.24) is 9.88 Å². The van der Waals surface area contributed by atoms with Crippen LogP contribution < -0.4 is 5.32 Å². The summed E-state index contributed by atoms with van der Waals surface area (Å²) in [5.74, 6) is 1.45. The van der Waals surface area contributed by atoms with Crippen molar-refractivity contribution in [3.8, 4) is 0 Å². The van der Waals surface area contributed by atoms with Gasteiger partial charge < -0.3 is 10.1 Å². The van der Waals surface area contributed by atoms with Crippen LogP contribution in [0.5, 0.6) is 0 Å². The van der Waals surface area contributed by atoms with Crippen molar-refractivity contribution in [2.24, 2.45) is 5.92 Å². The summed E-state index contributed by atoms with van der Waals surface area (Å²) in [7, 11) is 0. The monoisotopic (exact) mass is 289 g/mol. The second kappa shape index (κ2) is 6.02. The number of likely N-dealkylation sites (tertiary alicyclic amines) is 1. The number of pyridine rings is 1. The van der Waals surface area contributed by atoms with Gasteiger partial charge in [-0.1, -0.05) is 6.07 Å². The molecular weight excluding hydrogens is 266 g/mol. The highest BCUT2D eigenvalue weighted by atomic mass is 16.6. The number of cyclic esters (lactones) is 1. The molecule has 3 rings (SSSR count). The lowest BCUT2D eigenvalue weighted by molar-refractivity contribution is -0.144. The SMILES string of the molecule is Cc1ccc(NC[C@@H]2CCN([C@@H]3C[C@H](C)OC3=O)C2)nc1. The Bertz CT molecular complexity index is 503. The van der Waals surface area contributed by atoms with Gasteiger partial charge in [-0.2, -0.15) is 0 Å². The first-order valence-electron chi connectivity index (χ1n) is 7.73. The minimum Gasteiger partial charge on any atom is -0.461 e. The normalized spacial score (nSPS) is 29.6. The zero-order valence-electron chi connectivity index (χ0n) is 12.7. The Labute approximate surface area is 125 Å². The molecule has 2 fully saturated rings. The van der Waals surface area contributed by atoms with Gasteiger partial charge in [-0.25, -0.2) is 4.98 Å². The van der Waals surface area contributed by atoms with Gasteiger partial charge in [0.1, 0.15) is 18.0 Å². The Kier molecular flexibility index (Phi) is 4.10. The number of hydrogen-bond donors (Lipinski definition) is 1. The fraction of sp³-hybridized carbons (Fsp3) is 0.625. The standard InChI is InChI=1S/C16H23N3O2/c1-11-3-4-15(17-8-11)18-9-13-5-6-19(10-13)14-7-12(2)21-16(14)20/h3-4,8,12-14H,5-7,9-10H2,1-2H3,(H,17,18)/t12-,13-,14+/m0/s1. The highest BCUT2D eigenvalue weighted by Gasteiger charge is 2.39. The molecule has 0 spiro atoms. The van der Waals surface area contributed by atoms with Crippen molar-refractivity contribution in [2.45, 2.75) is 38.8 Å². The molecule has 0 bridgehead atoms. The molecule has 2 aliphatic heterocycles. The van der Waals surface area contributed by atoms with Crippen molar-refractivity contribution < 1.29 is 9.53 Å². The summed E-state index contributed by atoms with van der Waals surface area (Å²) in [5.41, 5.74) is 1.17. The van der Waals surface area contributed by atoms with Crippen LogP contribution in [0.2, 0.25) is 0 Å². The molecule has 3 heterocycles. The third-order valence-corrected chi connectivity index (χ3v) is 4.39. The van der Waals surface area contributed by atoms with Gasteiger partial charge in [0.15, 0.2) is 0 Å². The fourth-order valence-electron chi connectivity index (χ4n) is 3.17. The van der Waals surface area contributed by atoms with E-state index in [0.29, 0.717) is 5.92 Å². The van der Waals surface area contributed by atoms with Gasteiger partial charge in [-0.3, -0.25) is 9.69 Å². The molecular formula is C16H23N3O2. The van der Waals surface area contributed by atoms with Crippen LogP contribution in [0, 0.1) is 12.8 Å². The van der Waals surface area contributed by atoms with Crippen molar-refractivity contribution >= 4 is 11.8 Å². The summed E-state index contributed by atoms with van der Waals surface area (Å²) >= 11 is 0. The third kappa shape index (κ3) is 3.35. The van der Waals surface area contributed by atoms with E-state index in [1.165, 1.54) is 5.56 Å². The molecule has 0 saturated carbocycles. The Balaban J connectivity index is 1.48. The van der Waals surface area contributed by atoms with Crippen LogP contribution in [0.3, 0.4) is 0 Å². The molecule has 114 valence electrons. The van der Waals surface area contributed by atoms with E-state index in [1.54, 1.807) is 0 Å². The number of carbonyl (C=O) groups is 1. The molecule has 0 amide bonds. The van der Waals surface area contributed by atoms with Crippen molar-refractivity contribution in [2.75, 3.05) is 25.0 Å². The van der Waals surface area contributed by atoms with Crippen LogP contribution in [-0.2, 0) is 9.53 Å². The summed E-state index contributed by atoms with van der Waals surface area (Å²) in [6.07, 6.45) is 3.89. The number of aryl methyl sites for hydroxylation is 1. The topological polar surface area (TPSA) is 54.5 Å². The molecule has 21 heavy (non-hydrogen) atoms. The number of nitrogens with zero attached hydrogens (tertiary/aromatic N) is 2. The Morgan fingerprint density at radius 3 is 3.00 bits per heavy atom. The summed E-state index contributed by atoms with van der Waals surface area (Å²) in [6, 6.07) is 4.05. The van der Waals surface area contributed by atoms with E-state index < -0.39 is 0 Å². The molecule has 5 heteroatoms. The van der Waals surface area contributed by atoms with Gasteiger partial charge in [0.25, 0.3) is 0 Å². The molecule has 1 N–H and O–H groups in total. The lowest BCUT2D eigenvalue weighted by atomic mass is 10.1. The van der Waals surface area contributed by atoms with Gasteiger partial charge in [-0.15, -0.1) is 0 Å². The van der Waals surface area contributed by atoms with E-state index >= 15 is 0 Å². The molecule has 0 unspecified atom stereocenters. The maximum atomic E-state index is 11.8. The molecule has 2 saturated heterocycles. The average molecular weight is 289 g/mol. The Morgan fingerprint density at radius 2 is 2.33 bits per heavy atom. The third-order valence-electron chi connectivity index (χ3n) is 4.39. The average Bonchev–Trinajstić information content (AvgIpc) is 3.04. The van der Waals surface area contributed by atoms with Gasteiger partial charge >= 0.3 is 5.97 Å². The van der Waals surface area contributed by atoms with Crippen molar-refractivity contribution in [3.05, 3.63) is 23.9 Å². The molecule has 2 aliphatic rings. The van der Waals surface area contributed by atoms with Crippen molar-refractivity contribution in [3.63, 3.8) is 0 Å². The number of ether oxygens (including phenoxy) is 1. The first-order chi connectivity index (χ1) is 10.1. The minimum absolute atomic E-state index is 0.0255. The molecule has 0 aromatic carbocycles. The predicted octanol–water partition coefficient (Wildman–Crippen LogP) is 1.83. The summed E-state index contributed by atoms with van der Waals surface area (Å²) in [6.45, 7) is 6.86. The smallest absolute Gasteiger partial charge is 0.323 e. The zero-order chi connectivity index (χ0) is 14.8. The number of anilines is 1. The maximum Gasteiger partial charge on any atom is 0.323 e. The molecule has 1 aromatic rings. The van der Waals surface area contributed by atoms with E-state index in [0.717, 1.165) is 38.3 Å². The van der Waals surface area contributed by atoms with Gasteiger partial charge in [0.2, 0.25) is 0 Å². The van der Waals surface area contributed by atoms with Gasteiger partial charge in [-0.05, 0) is 44.4 Å². The van der Waals surface area contributed by atoms with E-state index in [4.69, 9.17) is 4.74 Å². The minimum atomic E-state index is -0.0451. The van der Waals surface area contributed by atoms with Crippen LogP contribution in [0.4, 0.5) is 5.82 Å². The van der Waals surface area contributed by atoms with Crippen LogP contribution in [-0.4, -0.2) is 47.6 Å². The van der Waals surface area contributed by atoms with E-state index in [-0.39, 0.29) is 18.1 Å². The van der Waals surface area contributed by atoms with Gasteiger partial charge in [0.05, 0.1) is 0 Å². The van der Waals surface area contributed by atoms with E-state index in [9.17, 15) is 4.79 Å². The molecule has 3 atom stereocenters. The number of carbonyl (C=O) groups excluding carboxylic acids is 1. The van der Waals surface area contributed by atoms with Crippen LogP contribution >= 0.6 is 0 Å². The number of rotatable bonds is 4. The summed E-state index contributed by atoms with van der Waals surface area (Å²) in [5, 5.41) is 3.39. The first kappa shape index (κ1) is 14.3. The summed E-state index contributed by atoms with van der Waals surface area (Å²) < 4.78 is 5.26. The highest BCUT2D eigenvalue weighted by molar-refractivity contribution is 5.78. The number of hydrogen-bond acceptors (Lipinski definition) is 5. The van der Waals surface area contributed by atoms with Crippen molar-refractivity contribution in [1.29, 1.82) is 0 Å². The number of aromatic nitrogens is 1. The van der Waals surface area contributed by atoms with Crippen LogP contribution in [0.15, 0.2) is 18.3 Å². The quantitative estimate of drug-likeness (QED) is 0.857. The summed E-state index contributed by atoms with van der Waals surface area (Å²) in [4.78, 5) is 18.4. The zero-order valence-corrected chi connectivity index (χ0v) is 12.7. The molecule has 0 aliphatic carbocycles. The van der Waals surface area contributed by atoms with Crippen LogP contribution in [0.25, 0.3) is 0 Å². The highest BCUT2D eigenvalue weighted by Crippen LogP contribution is 2.26. The lowest BCUT2D eigenvalue weighted by Crippen LogP contribution is -2.37. The van der Waals surface area contributed by atoms with E-state index in [2.05, 4.69) is 21.3 Å². The molecule has 0 radical (unpaired) electrons. The Morgan fingerprint density at radius 1 is 1.48 bits per heavy atom. The molecule has 1 aromatic heterocycles. The largest absolute Gasteiger partial charge is 0.461 e. The Hall–Kier alpha value is -1.62.